The number of hydrogen-bond donors (Lipinski definition) is 0. The molecular weight excluding hydrogens is 388 g/mol. The predicted octanol–water partition coefficient (Wildman–Crippen LogP) is 8.46. The van der Waals surface area contributed by atoms with Gasteiger partial charge in [0.25, 0.3) is 0 Å². The Labute approximate surface area is 194 Å². The van der Waals surface area contributed by atoms with Gasteiger partial charge in [-0.25, -0.2) is 0 Å². The van der Waals surface area contributed by atoms with Gasteiger partial charge in [0, 0.05) is 0 Å². The third-order valence-corrected chi connectivity index (χ3v) is 10.6. The van der Waals surface area contributed by atoms with Crippen molar-refractivity contribution in [1.29, 1.82) is 0 Å². The van der Waals surface area contributed by atoms with Gasteiger partial charge in [0.2, 0.25) is 0 Å². The molecule has 0 nitrogen and oxygen atoms in total. The van der Waals surface area contributed by atoms with Crippen LogP contribution in [-0.2, 0) is 0 Å². The number of rotatable bonds is 17. The fourth-order valence-electron chi connectivity index (χ4n) is 4.53. The largest absolute Gasteiger partial charge is 0.137 e. The van der Waals surface area contributed by atoms with Gasteiger partial charge in [-0.3, -0.25) is 0 Å². The zero-order valence-corrected chi connectivity index (χ0v) is 21.3. The molecule has 0 atom stereocenters. The smallest absolute Gasteiger partial charge is 0.0917 e. The van der Waals surface area contributed by atoms with E-state index in [-0.39, 0.29) is 0 Å². The molecule has 0 N–H and O–H groups in total. The Bertz CT molecular complexity index is 649. The fourth-order valence-corrected chi connectivity index (χ4v) is 7.65. The molecule has 2 aromatic carbocycles. The van der Waals surface area contributed by atoms with Gasteiger partial charge in [0.05, 0.1) is 0 Å². The number of benzene rings is 2. The SMILES string of the molecule is CCCCCCCCCCCCCCC/C=C/[Si](C)(c1ccccc1)c1ccccc1. The minimum absolute atomic E-state index is 1.22. The summed E-state index contributed by atoms with van der Waals surface area (Å²) in [6.07, 6.45) is 22.2. The van der Waals surface area contributed by atoms with Crippen LogP contribution in [-0.4, -0.2) is 8.07 Å². The summed E-state index contributed by atoms with van der Waals surface area (Å²) in [6, 6.07) is 22.2. The van der Waals surface area contributed by atoms with Crippen molar-refractivity contribution >= 4 is 18.4 Å². The third kappa shape index (κ3) is 10.0. The molecule has 0 bridgehead atoms. The first-order valence-corrected chi connectivity index (χ1v) is 15.6. The second kappa shape index (κ2) is 16.1. The highest BCUT2D eigenvalue weighted by atomic mass is 28.3. The zero-order valence-electron chi connectivity index (χ0n) is 20.3. The van der Waals surface area contributed by atoms with E-state index in [2.05, 4.69) is 85.9 Å². The van der Waals surface area contributed by atoms with Crippen LogP contribution in [0.3, 0.4) is 0 Å². The van der Waals surface area contributed by atoms with Crippen molar-refractivity contribution in [2.24, 2.45) is 0 Å². The summed E-state index contributed by atoms with van der Waals surface area (Å²) in [6.45, 7) is 4.78. The van der Waals surface area contributed by atoms with Gasteiger partial charge >= 0.3 is 0 Å². The first-order chi connectivity index (χ1) is 15.3. The summed E-state index contributed by atoms with van der Waals surface area (Å²) in [5.41, 5.74) is 2.57. The first-order valence-electron chi connectivity index (χ1n) is 13.1. The standard InChI is InChI=1S/C30H46Si/c1-3-4-5-6-7-8-9-10-11-12-13-14-15-16-23-28-31(2,29-24-19-17-20-25-29)30-26-21-18-22-27-30/h17-28H,3-16H2,1-2H3/b28-23+. The number of unbranched alkanes of at least 4 members (excludes halogenated alkanes) is 13. The quantitative estimate of drug-likeness (QED) is 0.173. The summed E-state index contributed by atoms with van der Waals surface area (Å²) in [5.74, 6) is 0. The van der Waals surface area contributed by atoms with Crippen molar-refractivity contribution < 1.29 is 0 Å². The van der Waals surface area contributed by atoms with Crippen molar-refractivity contribution in [3.05, 3.63) is 72.4 Å². The second-order valence-corrected chi connectivity index (χ2v) is 13.3. The van der Waals surface area contributed by atoms with E-state index >= 15 is 0 Å². The maximum atomic E-state index is 2.57. The summed E-state index contributed by atoms with van der Waals surface area (Å²) in [7, 11) is -1.79. The molecule has 0 unspecified atom stereocenters. The molecular formula is C30H46Si. The Hall–Kier alpha value is -1.60. The fraction of sp³-hybridized carbons (Fsp3) is 0.533. The summed E-state index contributed by atoms with van der Waals surface area (Å²) in [4.78, 5) is 0. The zero-order chi connectivity index (χ0) is 22.0. The summed E-state index contributed by atoms with van der Waals surface area (Å²) in [5, 5.41) is 3.01. The van der Waals surface area contributed by atoms with Crippen LogP contribution >= 0.6 is 0 Å². The predicted molar refractivity (Wildman–Crippen MR) is 143 cm³/mol. The van der Waals surface area contributed by atoms with Crippen LogP contribution in [0.4, 0.5) is 0 Å². The molecule has 0 saturated heterocycles. The van der Waals surface area contributed by atoms with Crippen LogP contribution < -0.4 is 10.4 Å². The Morgan fingerprint density at radius 3 is 1.35 bits per heavy atom. The van der Waals surface area contributed by atoms with E-state index in [1.54, 1.807) is 0 Å². The van der Waals surface area contributed by atoms with E-state index in [1.807, 2.05) is 0 Å². The van der Waals surface area contributed by atoms with E-state index in [0.29, 0.717) is 0 Å². The van der Waals surface area contributed by atoms with Crippen molar-refractivity contribution in [3.63, 3.8) is 0 Å². The molecule has 0 fully saturated rings. The van der Waals surface area contributed by atoms with Gasteiger partial charge in [0.1, 0.15) is 8.07 Å². The van der Waals surface area contributed by atoms with Gasteiger partial charge in [-0.1, -0.05) is 173 Å². The molecule has 0 heterocycles. The van der Waals surface area contributed by atoms with Crippen LogP contribution in [0.5, 0.6) is 0 Å². The van der Waals surface area contributed by atoms with Crippen molar-refractivity contribution in [2.45, 2.75) is 103 Å². The normalized spacial score (nSPS) is 11.9. The lowest BCUT2D eigenvalue weighted by molar-refractivity contribution is 0.540. The van der Waals surface area contributed by atoms with Gasteiger partial charge in [-0.2, -0.15) is 0 Å². The lowest BCUT2D eigenvalue weighted by Crippen LogP contribution is -2.54. The Kier molecular flexibility index (Phi) is 13.3. The maximum Gasteiger partial charge on any atom is 0.137 e. The Morgan fingerprint density at radius 1 is 0.548 bits per heavy atom. The van der Waals surface area contributed by atoms with E-state index in [4.69, 9.17) is 0 Å². The average Bonchev–Trinajstić information content (AvgIpc) is 2.82. The van der Waals surface area contributed by atoms with E-state index in [9.17, 15) is 0 Å². The van der Waals surface area contributed by atoms with Crippen molar-refractivity contribution in [2.75, 3.05) is 0 Å². The lowest BCUT2D eigenvalue weighted by atomic mass is 10.0. The molecule has 31 heavy (non-hydrogen) atoms. The molecule has 2 aromatic rings. The lowest BCUT2D eigenvalue weighted by Gasteiger charge is -2.25. The summed E-state index contributed by atoms with van der Waals surface area (Å²) < 4.78 is 0. The number of allylic oxidation sites excluding steroid dienone is 1. The monoisotopic (exact) mass is 434 g/mol. The Balaban J connectivity index is 1.62. The van der Waals surface area contributed by atoms with E-state index in [0.717, 1.165) is 0 Å². The van der Waals surface area contributed by atoms with Crippen LogP contribution in [0.15, 0.2) is 72.4 Å². The van der Waals surface area contributed by atoms with Gasteiger partial charge in [-0.15, -0.1) is 0 Å². The third-order valence-electron chi connectivity index (χ3n) is 6.67. The Morgan fingerprint density at radius 2 is 0.935 bits per heavy atom. The van der Waals surface area contributed by atoms with Gasteiger partial charge in [-0.05, 0) is 12.8 Å². The van der Waals surface area contributed by atoms with Gasteiger partial charge in [0.15, 0.2) is 0 Å². The topological polar surface area (TPSA) is 0 Å². The van der Waals surface area contributed by atoms with Gasteiger partial charge < -0.3 is 0 Å². The molecule has 0 amide bonds. The van der Waals surface area contributed by atoms with Crippen LogP contribution in [0, 0.1) is 0 Å². The molecule has 2 rings (SSSR count). The second-order valence-electron chi connectivity index (χ2n) is 9.37. The molecule has 1 heteroatoms. The molecule has 0 aliphatic rings. The molecule has 0 saturated carbocycles. The summed E-state index contributed by atoms with van der Waals surface area (Å²) >= 11 is 0. The molecule has 170 valence electrons. The van der Waals surface area contributed by atoms with Crippen molar-refractivity contribution in [1.82, 2.24) is 0 Å². The molecule has 0 radical (unpaired) electrons. The maximum absolute atomic E-state index is 2.57. The van der Waals surface area contributed by atoms with E-state index < -0.39 is 8.07 Å². The number of hydrogen-bond acceptors (Lipinski definition) is 0. The van der Waals surface area contributed by atoms with Crippen LogP contribution in [0.1, 0.15) is 96.8 Å². The van der Waals surface area contributed by atoms with Crippen LogP contribution in [0.25, 0.3) is 0 Å². The highest BCUT2D eigenvalue weighted by Gasteiger charge is 2.28. The minimum atomic E-state index is -1.79. The van der Waals surface area contributed by atoms with Crippen molar-refractivity contribution in [3.8, 4) is 0 Å². The van der Waals surface area contributed by atoms with Crippen LogP contribution in [0.2, 0.25) is 6.55 Å². The highest BCUT2D eigenvalue weighted by Crippen LogP contribution is 2.14. The minimum Gasteiger partial charge on any atom is -0.0917 e. The molecule has 0 aromatic heterocycles. The highest BCUT2D eigenvalue weighted by molar-refractivity contribution is 7.05. The average molecular weight is 435 g/mol. The molecule has 0 spiro atoms. The molecule has 0 aliphatic heterocycles. The van der Waals surface area contributed by atoms with E-state index in [1.165, 1.54) is 100 Å². The first kappa shape index (κ1) is 25.7. The molecule has 0 aliphatic carbocycles.